The van der Waals surface area contributed by atoms with Crippen molar-refractivity contribution in [2.24, 2.45) is 5.14 Å². The molecule has 0 saturated heterocycles. The predicted octanol–water partition coefficient (Wildman–Crippen LogP) is 5.51. The second-order valence-corrected chi connectivity index (χ2v) is 11.0. The third-order valence-electron chi connectivity index (χ3n) is 5.09. The van der Waals surface area contributed by atoms with Gasteiger partial charge in [-0.1, -0.05) is 57.2 Å². The summed E-state index contributed by atoms with van der Waals surface area (Å²) in [5, 5.41) is 5.22. The highest BCUT2D eigenvalue weighted by Crippen LogP contribution is 2.42. The summed E-state index contributed by atoms with van der Waals surface area (Å²) in [6.45, 7) is 10.5. The molecule has 31 heavy (non-hydrogen) atoms. The molecule has 0 aliphatic heterocycles. The van der Waals surface area contributed by atoms with Gasteiger partial charge in [-0.25, -0.2) is 18.4 Å². The van der Waals surface area contributed by atoms with Crippen molar-refractivity contribution in [3.63, 3.8) is 0 Å². The summed E-state index contributed by atoms with van der Waals surface area (Å²) in [5.41, 5.74) is 4.74. The highest BCUT2D eigenvalue weighted by atomic mass is 32.2. The van der Waals surface area contributed by atoms with Crippen LogP contribution in [0.25, 0.3) is 21.6 Å². The lowest BCUT2D eigenvalue weighted by Crippen LogP contribution is -2.11. The smallest absolute Gasteiger partial charge is 0.348 e. The molecule has 0 amide bonds. The molecular weight excluding hydrogens is 430 g/mol. The molecule has 1 aromatic heterocycles. The molecule has 7 heteroatoms. The second-order valence-electron chi connectivity index (χ2n) is 8.38. The van der Waals surface area contributed by atoms with E-state index in [0.717, 1.165) is 27.1 Å². The first-order chi connectivity index (χ1) is 14.4. The zero-order chi connectivity index (χ0) is 23.0. The first-order valence-corrected chi connectivity index (χ1v) is 12.3. The third-order valence-corrected chi connectivity index (χ3v) is 7.34. The van der Waals surface area contributed by atoms with Crippen LogP contribution in [0, 0.1) is 6.92 Å². The van der Waals surface area contributed by atoms with Crippen LogP contribution in [0.3, 0.4) is 0 Å². The van der Waals surface area contributed by atoms with E-state index in [0.29, 0.717) is 4.88 Å². The molecule has 1 heterocycles. The van der Waals surface area contributed by atoms with E-state index >= 15 is 0 Å². The monoisotopic (exact) mass is 457 g/mol. The number of esters is 1. The van der Waals surface area contributed by atoms with Crippen LogP contribution in [0.15, 0.2) is 53.4 Å². The average molecular weight is 458 g/mol. The van der Waals surface area contributed by atoms with Gasteiger partial charge in [-0.05, 0) is 53.6 Å². The lowest BCUT2D eigenvalue weighted by Gasteiger charge is -2.19. The summed E-state index contributed by atoms with van der Waals surface area (Å²) in [6, 6.07) is 14.6. The quantitative estimate of drug-likeness (QED) is 0.512. The summed E-state index contributed by atoms with van der Waals surface area (Å²) in [7, 11) is -3.79. The summed E-state index contributed by atoms with van der Waals surface area (Å²) in [5.74, 6) is -0.390. The standard InChI is InChI=1S/C24H27NO4S2/c1-6-29-23(26)22-20(16-9-13-19(14-10-16)31(25,27)28)15(2)21(30-22)17-7-11-18(12-8-17)24(3,4)5/h7-14H,6H2,1-5H3,(H2,25,27,28). The summed E-state index contributed by atoms with van der Waals surface area (Å²) >= 11 is 1.39. The van der Waals surface area contributed by atoms with E-state index in [4.69, 9.17) is 9.88 Å². The number of carbonyl (C=O) groups is 1. The normalized spacial score (nSPS) is 12.1. The van der Waals surface area contributed by atoms with Crippen LogP contribution < -0.4 is 5.14 Å². The maximum Gasteiger partial charge on any atom is 0.348 e. The van der Waals surface area contributed by atoms with Crippen molar-refractivity contribution in [1.82, 2.24) is 0 Å². The van der Waals surface area contributed by atoms with E-state index in [1.54, 1.807) is 19.1 Å². The van der Waals surface area contributed by atoms with E-state index in [1.165, 1.54) is 29.0 Å². The SMILES string of the molecule is CCOC(=O)c1sc(-c2ccc(C(C)(C)C)cc2)c(C)c1-c1ccc(S(N)(=O)=O)cc1. The van der Waals surface area contributed by atoms with E-state index in [1.807, 2.05) is 6.92 Å². The molecule has 3 rings (SSSR count). The van der Waals surface area contributed by atoms with Crippen molar-refractivity contribution < 1.29 is 17.9 Å². The lowest BCUT2D eigenvalue weighted by atomic mass is 9.86. The number of carbonyl (C=O) groups excluding carboxylic acids is 1. The summed E-state index contributed by atoms with van der Waals surface area (Å²) in [4.78, 5) is 14.2. The number of hydrogen-bond donors (Lipinski definition) is 1. The Kier molecular flexibility index (Phi) is 6.41. The largest absolute Gasteiger partial charge is 0.462 e. The van der Waals surface area contributed by atoms with Crippen LogP contribution in [0.1, 0.15) is 48.5 Å². The van der Waals surface area contributed by atoms with Gasteiger partial charge < -0.3 is 4.74 Å². The average Bonchev–Trinajstić information content (AvgIpc) is 3.04. The lowest BCUT2D eigenvalue weighted by molar-refractivity contribution is 0.0533. The summed E-state index contributed by atoms with van der Waals surface area (Å²) < 4.78 is 28.5. The van der Waals surface area contributed by atoms with E-state index in [9.17, 15) is 13.2 Å². The van der Waals surface area contributed by atoms with Crippen molar-refractivity contribution in [2.75, 3.05) is 6.61 Å². The van der Waals surface area contributed by atoms with Crippen LogP contribution in [-0.4, -0.2) is 21.0 Å². The number of sulfonamides is 1. The minimum Gasteiger partial charge on any atom is -0.462 e. The molecule has 164 valence electrons. The molecular formula is C24H27NO4S2. The highest BCUT2D eigenvalue weighted by molar-refractivity contribution is 7.89. The van der Waals surface area contributed by atoms with Gasteiger partial charge in [0.25, 0.3) is 0 Å². The molecule has 0 unspecified atom stereocenters. The van der Waals surface area contributed by atoms with Crippen molar-refractivity contribution in [1.29, 1.82) is 0 Å². The Balaban J connectivity index is 2.15. The Labute approximate surface area is 187 Å². The van der Waals surface area contributed by atoms with Crippen LogP contribution in [0.2, 0.25) is 0 Å². The minimum atomic E-state index is -3.79. The maximum absolute atomic E-state index is 12.7. The topological polar surface area (TPSA) is 86.5 Å². The molecule has 0 saturated carbocycles. The fraction of sp³-hybridized carbons (Fsp3) is 0.292. The molecule has 0 fully saturated rings. The van der Waals surface area contributed by atoms with Gasteiger partial charge in [-0.2, -0.15) is 0 Å². The van der Waals surface area contributed by atoms with Gasteiger partial charge in [0.05, 0.1) is 11.5 Å². The van der Waals surface area contributed by atoms with Crippen LogP contribution in [0.5, 0.6) is 0 Å². The van der Waals surface area contributed by atoms with Gasteiger partial charge in [0.15, 0.2) is 0 Å². The molecule has 2 N–H and O–H groups in total. The fourth-order valence-electron chi connectivity index (χ4n) is 3.41. The summed E-state index contributed by atoms with van der Waals surface area (Å²) in [6.07, 6.45) is 0. The number of rotatable bonds is 5. The molecule has 2 aromatic carbocycles. The van der Waals surface area contributed by atoms with Gasteiger partial charge in [-0.3, -0.25) is 0 Å². The maximum atomic E-state index is 12.7. The molecule has 0 aliphatic rings. The molecule has 0 atom stereocenters. The van der Waals surface area contributed by atoms with Crippen molar-refractivity contribution in [2.45, 2.75) is 44.9 Å². The number of nitrogens with two attached hydrogens (primary N) is 1. The van der Waals surface area contributed by atoms with Crippen molar-refractivity contribution in [3.8, 4) is 21.6 Å². The van der Waals surface area contributed by atoms with Crippen molar-refractivity contribution in [3.05, 3.63) is 64.5 Å². The van der Waals surface area contributed by atoms with Crippen LogP contribution >= 0.6 is 11.3 Å². The Morgan fingerprint density at radius 1 is 1.00 bits per heavy atom. The number of thiophene rings is 1. The van der Waals surface area contributed by atoms with E-state index in [2.05, 4.69) is 45.0 Å². The van der Waals surface area contributed by atoms with E-state index < -0.39 is 16.0 Å². The van der Waals surface area contributed by atoms with Gasteiger partial charge >= 0.3 is 5.97 Å². The number of benzene rings is 2. The number of hydrogen-bond acceptors (Lipinski definition) is 5. The van der Waals surface area contributed by atoms with Crippen LogP contribution in [0.4, 0.5) is 0 Å². The molecule has 0 spiro atoms. The van der Waals surface area contributed by atoms with Gasteiger partial charge in [0.2, 0.25) is 10.0 Å². The number of ether oxygens (including phenoxy) is 1. The Morgan fingerprint density at radius 3 is 2.03 bits per heavy atom. The minimum absolute atomic E-state index is 0.0276. The molecule has 5 nitrogen and oxygen atoms in total. The zero-order valence-corrected chi connectivity index (χ0v) is 20.0. The van der Waals surface area contributed by atoms with Gasteiger partial charge in [-0.15, -0.1) is 11.3 Å². The highest BCUT2D eigenvalue weighted by Gasteiger charge is 2.24. The Morgan fingerprint density at radius 2 is 1.55 bits per heavy atom. The van der Waals surface area contributed by atoms with Crippen LogP contribution in [-0.2, 0) is 20.2 Å². The molecule has 0 aliphatic carbocycles. The molecule has 3 aromatic rings. The van der Waals surface area contributed by atoms with Gasteiger partial charge in [0.1, 0.15) is 4.88 Å². The first-order valence-electron chi connectivity index (χ1n) is 9.98. The predicted molar refractivity (Wildman–Crippen MR) is 126 cm³/mol. The van der Waals surface area contributed by atoms with Crippen molar-refractivity contribution >= 4 is 27.3 Å². The first kappa shape index (κ1) is 23.2. The zero-order valence-electron chi connectivity index (χ0n) is 18.4. The van der Waals surface area contributed by atoms with Gasteiger partial charge in [0, 0.05) is 10.4 Å². The van der Waals surface area contributed by atoms with E-state index in [-0.39, 0.29) is 16.9 Å². The fourth-order valence-corrected chi connectivity index (χ4v) is 5.15. The number of primary sulfonamides is 1. The second kappa shape index (κ2) is 8.57. The third kappa shape index (κ3) is 4.89. The Hall–Kier alpha value is -2.48. The Bertz CT molecular complexity index is 1200. The molecule has 0 bridgehead atoms. The molecule has 0 radical (unpaired) electrons.